The van der Waals surface area contributed by atoms with Crippen LogP contribution in [0.2, 0.25) is 0 Å². The number of benzene rings is 1. The Balaban J connectivity index is 1.66. The number of nitrogens with zero attached hydrogens (tertiary/aromatic N) is 1. The molecule has 1 fully saturated rings. The van der Waals surface area contributed by atoms with Gasteiger partial charge in [0.05, 0.1) is 34.4 Å². The summed E-state index contributed by atoms with van der Waals surface area (Å²) in [5.74, 6) is 2.91. The molecule has 0 radical (unpaired) electrons. The van der Waals surface area contributed by atoms with Crippen LogP contribution in [0, 0.1) is 5.92 Å². The van der Waals surface area contributed by atoms with Crippen LogP contribution in [0.4, 0.5) is 5.82 Å². The average molecular weight is 415 g/mol. The van der Waals surface area contributed by atoms with E-state index in [-0.39, 0.29) is 12.3 Å². The Bertz CT molecular complexity index is 824. The van der Waals surface area contributed by atoms with Crippen LogP contribution < -0.4 is 24.3 Å². The average Bonchev–Trinajstić information content (AvgIpc) is 2.78. The van der Waals surface area contributed by atoms with E-state index >= 15 is 0 Å². The Kier molecular flexibility index (Phi) is 7.76. The SMILES string of the molecule is COc1cc(CC(=O)Nc2ncccc2OCC2CCCCC2)cc(OC)c1OC. The van der Waals surface area contributed by atoms with Crippen LogP contribution in [0.1, 0.15) is 37.7 Å². The third-order valence-corrected chi connectivity index (χ3v) is 5.32. The molecule has 2 aromatic rings. The fourth-order valence-corrected chi connectivity index (χ4v) is 3.76. The van der Waals surface area contributed by atoms with Gasteiger partial charge in [0, 0.05) is 6.20 Å². The third kappa shape index (κ3) is 5.55. The number of methoxy groups -OCH3 is 3. The van der Waals surface area contributed by atoms with Gasteiger partial charge < -0.3 is 24.3 Å². The second kappa shape index (κ2) is 10.7. The van der Waals surface area contributed by atoms with E-state index in [1.165, 1.54) is 32.1 Å². The number of carbonyl (C=O) groups excluding carboxylic acids is 1. The van der Waals surface area contributed by atoms with E-state index < -0.39 is 0 Å². The van der Waals surface area contributed by atoms with Crippen LogP contribution in [-0.4, -0.2) is 38.8 Å². The maximum atomic E-state index is 12.7. The van der Waals surface area contributed by atoms with Crippen molar-refractivity contribution in [3.8, 4) is 23.0 Å². The van der Waals surface area contributed by atoms with Crippen LogP contribution in [0.3, 0.4) is 0 Å². The highest BCUT2D eigenvalue weighted by Crippen LogP contribution is 2.38. The number of pyridine rings is 1. The summed E-state index contributed by atoms with van der Waals surface area (Å²) in [6, 6.07) is 7.18. The van der Waals surface area contributed by atoms with Crippen LogP contribution in [0.5, 0.6) is 23.0 Å². The molecule has 1 N–H and O–H groups in total. The summed E-state index contributed by atoms with van der Waals surface area (Å²) in [4.78, 5) is 17.0. The first-order valence-corrected chi connectivity index (χ1v) is 10.3. The number of anilines is 1. The second-order valence-corrected chi connectivity index (χ2v) is 7.42. The van der Waals surface area contributed by atoms with E-state index in [2.05, 4.69) is 10.3 Å². The normalized spacial score (nSPS) is 14.1. The highest BCUT2D eigenvalue weighted by molar-refractivity contribution is 5.92. The molecule has 1 aromatic carbocycles. The second-order valence-electron chi connectivity index (χ2n) is 7.42. The molecule has 30 heavy (non-hydrogen) atoms. The first kappa shape index (κ1) is 21.7. The quantitative estimate of drug-likeness (QED) is 0.661. The molecule has 1 saturated carbocycles. The van der Waals surface area contributed by atoms with Crippen LogP contribution in [0.15, 0.2) is 30.5 Å². The van der Waals surface area contributed by atoms with E-state index in [9.17, 15) is 4.79 Å². The van der Waals surface area contributed by atoms with Crippen molar-refractivity contribution in [1.29, 1.82) is 0 Å². The zero-order valence-electron chi connectivity index (χ0n) is 17.9. The lowest BCUT2D eigenvalue weighted by Gasteiger charge is -2.22. The Morgan fingerprint density at radius 3 is 2.37 bits per heavy atom. The molecule has 3 rings (SSSR count). The number of aromatic nitrogens is 1. The highest BCUT2D eigenvalue weighted by atomic mass is 16.5. The van der Waals surface area contributed by atoms with Crippen LogP contribution in [0.25, 0.3) is 0 Å². The zero-order chi connectivity index (χ0) is 21.3. The van der Waals surface area contributed by atoms with E-state index in [1.54, 1.807) is 39.7 Å². The number of nitrogens with one attached hydrogen (secondary N) is 1. The lowest BCUT2D eigenvalue weighted by Crippen LogP contribution is -2.18. The minimum atomic E-state index is -0.203. The lowest BCUT2D eigenvalue weighted by atomic mass is 9.90. The molecule has 1 aromatic heterocycles. The summed E-state index contributed by atoms with van der Waals surface area (Å²) < 4.78 is 22.0. The van der Waals surface area contributed by atoms with E-state index in [4.69, 9.17) is 18.9 Å². The Hall–Kier alpha value is -2.96. The first-order chi connectivity index (χ1) is 14.6. The predicted octanol–water partition coefficient (Wildman–Crippen LogP) is 4.25. The highest BCUT2D eigenvalue weighted by Gasteiger charge is 2.18. The molecule has 0 spiro atoms. The third-order valence-electron chi connectivity index (χ3n) is 5.32. The predicted molar refractivity (Wildman–Crippen MR) is 115 cm³/mol. The molecule has 7 nitrogen and oxygen atoms in total. The molecule has 0 aliphatic heterocycles. The van der Waals surface area contributed by atoms with Crippen molar-refractivity contribution >= 4 is 11.7 Å². The van der Waals surface area contributed by atoms with Gasteiger partial charge in [-0.1, -0.05) is 19.3 Å². The Labute approximate surface area is 177 Å². The van der Waals surface area contributed by atoms with Crippen LogP contribution >= 0.6 is 0 Å². The summed E-state index contributed by atoms with van der Waals surface area (Å²) in [7, 11) is 4.64. The maximum absolute atomic E-state index is 12.7. The van der Waals surface area contributed by atoms with Gasteiger partial charge in [-0.3, -0.25) is 4.79 Å². The number of amides is 1. The summed E-state index contributed by atoms with van der Waals surface area (Å²) in [6.45, 7) is 0.654. The summed E-state index contributed by atoms with van der Waals surface area (Å²) >= 11 is 0. The number of carbonyl (C=O) groups is 1. The van der Waals surface area contributed by atoms with Crippen molar-refractivity contribution in [1.82, 2.24) is 4.98 Å². The monoisotopic (exact) mass is 414 g/mol. The van der Waals surface area contributed by atoms with Gasteiger partial charge in [-0.15, -0.1) is 0 Å². The fourth-order valence-electron chi connectivity index (χ4n) is 3.76. The van der Waals surface area contributed by atoms with Crippen molar-refractivity contribution < 1.29 is 23.7 Å². The van der Waals surface area contributed by atoms with Crippen molar-refractivity contribution in [2.45, 2.75) is 38.5 Å². The molecular formula is C23H30N2O5. The molecule has 0 unspecified atom stereocenters. The molecule has 0 bridgehead atoms. The van der Waals surface area contributed by atoms with Crippen molar-refractivity contribution in [3.05, 3.63) is 36.0 Å². The standard InChI is InChI=1S/C23H30N2O5/c1-27-19-12-17(13-20(28-2)22(19)29-3)14-21(26)25-23-18(10-7-11-24-23)30-15-16-8-5-4-6-9-16/h7,10-13,16H,4-6,8-9,14-15H2,1-3H3,(H,24,25,26). The molecular weight excluding hydrogens is 384 g/mol. The maximum Gasteiger partial charge on any atom is 0.230 e. The van der Waals surface area contributed by atoms with Gasteiger partial charge in [-0.05, 0) is 48.6 Å². The van der Waals surface area contributed by atoms with Gasteiger partial charge in [-0.25, -0.2) is 4.98 Å². The smallest absolute Gasteiger partial charge is 0.230 e. The molecule has 0 atom stereocenters. The largest absolute Gasteiger partial charge is 0.493 e. The van der Waals surface area contributed by atoms with Crippen LogP contribution in [-0.2, 0) is 11.2 Å². The van der Waals surface area contributed by atoms with Crippen molar-refractivity contribution in [2.75, 3.05) is 33.3 Å². The molecule has 1 heterocycles. The summed E-state index contributed by atoms with van der Waals surface area (Å²) in [5.41, 5.74) is 0.739. The fraction of sp³-hybridized carbons (Fsp3) is 0.478. The number of hydrogen-bond donors (Lipinski definition) is 1. The molecule has 162 valence electrons. The minimum absolute atomic E-state index is 0.134. The lowest BCUT2D eigenvalue weighted by molar-refractivity contribution is -0.115. The van der Waals surface area contributed by atoms with Gasteiger partial charge in [0.2, 0.25) is 11.7 Å². The first-order valence-electron chi connectivity index (χ1n) is 10.3. The molecule has 0 saturated heterocycles. The molecule has 7 heteroatoms. The molecule has 1 aliphatic rings. The Morgan fingerprint density at radius 1 is 1.03 bits per heavy atom. The molecule has 1 aliphatic carbocycles. The number of ether oxygens (including phenoxy) is 4. The summed E-state index contributed by atoms with van der Waals surface area (Å²) in [6.07, 6.45) is 8.01. The number of hydrogen-bond acceptors (Lipinski definition) is 6. The van der Waals surface area contributed by atoms with E-state index in [1.807, 2.05) is 12.1 Å². The Morgan fingerprint density at radius 2 is 1.73 bits per heavy atom. The topological polar surface area (TPSA) is 78.9 Å². The van der Waals surface area contributed by atoms with Gasteiger partial charge in [0.25, 0.3) is 0 Å². The minimum Gasteiger partial charge on any atom is -0.493 e. The molecule has 1 amide bonds. The van der Waals surface area contributed by atoms with Gasteiger partial charge >= 0.3 is 0 Å². The van der Waals surface area contributed by atoms with E-state index in [0.717, 1.165) is 5.56 Å². The van der Waals surface area contributed by atoms with Crippen molar-refractivity contribution in [2.24, 2.45) is 5.92 Å². The zero-order valence-corrected chi connectivity index (χ0v) is 17.9. The van der Waals surface area contributed by atoms with E-state index in [0.29, 0.717) is 41.3 Å². The van der Waals surface area contributed by atoms with Gasteiger partial charge in [-0.2, -0.15) is 0 Å². The summed E-state index contributed by atoms with van der Waals surface area (Å²) in [5, 5.41) is 2.86. The van der Waals surface area contributed by atoms with Gasteiger partial charge in [0.1, 0.15) is 0 Å². The van der Waals surface area contributed by atoms with Gasteiger partial charge in [0.15, 0.2) is 23.1 Å². The number of rotatable bonds is 9. The van der Waals surface area contributed by atoms with Crippen molar-refractivity contribution in [3.63, 3.8) is 0 Å².